The van der Waals surface area contributed by atoms with Crippen LogP contribution in [0.25, 0.3) is 0 Å². The minimum atomic E-state index is -0.873. The Balaban J connectivity index is 1.70. The maximum atomic E-state index is 13.3. The molecule has 8 nitrogen and oxygen atoms in total. The number of hydrogen-bond acceptors (Lipinski definition) is 6. The van der Waals surface area contributed by atoms with Crippen molar-refractivity contribution in [3.8, 4) is 0 Å². The van der Waals surface area contributed by atoms with Crippen molar-refractivity contribution in [2.45, 2.75) is 46.0 Å². The molecule has 2 aromatic rings. The first-order valence-corrected chi connectivity index (χ1v) is 8.21. The second-order valence-corrected chi connectivity index (χ2v) is 6.42. The third-order valence-electron chi connectivity index (χ3n) is 4.36. The Kier molecular flexibility index (Phi) is 4.76. The number of H-pyrrole nitrogens is 1. The second-order valence-electron chi connectivity index (χ2n) is 6.42. The summed E-state index contributed by atoms with van der Waals surface area (Å²) in [6.45, 7) is 6.03. The second kappa shape index (κ2) is 6.83. The lowest BCUT2D eigenvalue weighted by molar-refractivity contribution is 0.0774. The number of rotatable bonds is 4. The molecule has 1 aliphatic rings. The average molecular weight is 347 g/mol. The summed E-state index contributed by atoms with van der Waals surface area (Å²) >= 11 is 0. The third-order valence-corrected chi connectivity index (χ3v) is 4.36. The summed E-state index contributed by atoms with van der Waals surface area (Å²) in [5.74, 6) is 0.844. The number of amides is 1. The summed E-state index contributed by atoms with van der Waals surface area (Å²) < 4.78 is 13.3. The number of aromatic amines is 1. The van der Waals surface area contributed by atoms with Crippen LogP contribution in [0.3, 0.4) is 0 Å². The molecule has 0 spiro atoms. The highest BCUT2D eigenvalue weighted by atomic mass is 19.1. The Labute approximate surface area is 145 Å². The SMILES string of the molecule is Cc1nc(C)c(C(=O)N(C)Cc2nc([C@H]3C[C@H](F)CN3)n[nH]2)nc1C. The minimum absolute atomic E-state index is 0.186. The largest absolute Gasteiger partial charge is 0.333 e. The number of alkyl halides is 1. The highest BCUT2D eigenvalue weighted by Gasteiger charge is 2.28. The molecule has 2 aromatic heterocycles. The highest BCUT2D eigenvalue weighted by molar-refractivity contribution is 5.93. The van der Waals surface area contributed by atoms with Crippen LogP contribution < -0.4 is 5.32 Å². The van der Waals surface area contributed by atoms with Crippen molar-refractivity contribution in [3.63, 3.8) is 0 Å². The van der Waals surface area contributed by atoms with E-state index in [4.69, 9.17) is 0 Å². The summed E-state index contributed by atoms with van der Waals surface area (Å²) in [5, 5.41) is 9.98. The van der Waals surface area contributed by atoms with Gasteiger partial charge in [-0.05, 0) is 20.8 Å². The molecule has 1 aliphatic heterocycles. The fourth-order valence-electron chi connectivity index (χ4n) is 2.82. The van der Waals surface area contributed by atoms with Crippen molar-refractivity contribution in [2.24, 2.45) is 0 Å². The summed E-state index contributed by atoms with van der Waals surface area (Å²) in [6, 6.07) is -0.186. The van der Waals surface area contributed by atoms with E-state index in [1.165, 1.54) is 4.90 Å². The van der Waals surface area contributed by atoms with Crippen molar-refractivity contribution >= 4 is 5.91 Å². The van der Waals surface area contributed by atoms with Gasteiger partial charge in [-0.25, -0.2) is 14.4 Å². The Hall–Kier alpha value is -2.42. The van der Waals surface area contributed by atoms with Gasteiger partial charge in [0, 0.05) is 20.0 Å². The van der Waals surface area contributed by atoms with Crippen LogP contribution in [-0.4, -0.2) is 55.7 Å². The molecule has 2 N–H and O–H groups in total. The van der Waals surface area contributed by atoms with Gasteiger partial charge in [-0.3, -0.25) is 14.9 Å². The van der Waals surface area contributed by atoms with Gasteiger partial charge >= 0.3 is 0 Å². The van der Waals surface area contributed by atoms with Crippen LogP contribution in [0.2, 0.25) is 0 Å². The zero-order chi connectivity index (χ0) is 18.1. The molecule has 3 rings (SSSR count). The van der Waals surface area contributed by atoms with Crippen molar-refractivity contribution in [3.05, 3.63) is 34.4 Å². The lowest BCUT2D eigenvalue weighted by Gasteiger charge is -2.16. The van der Waals surface area contributed by atoms with Gasteiger partial charge < -0.3 is 10.2 Å². The maximum absolute atomic E-state index is 13.3. The quantitative estimate of drug-likeness (QED) is 0.861. The number of aryl methyl sites for hydroxylation is 3. The smallest absolute Gasteiger partial charge is 0.274 e. The van der Waals surface area contributed by atoms with Gasteiger partial charge in [0.25, 0.3) is 5.91 Å². The van der Waals surface area contributed by atoms with Gasteiger partial charge in [-0.2, -0.15) is 5.10 Å². The Morgan fingerprint density at radius 2 is 1.92 bits per heavy atom. The van der Waals surface area contributed by atoms with Crippen LogP contribution in [-0.2, 0) is 6.54 Å². The van der Waals surface area contributed by atoms with Crippen LogP contribution in [0.4, 0.5) is 4.39 Å². The van der Waals surface area contributed by atoms with E-state index in [0.29, 0.717) is 36.0 Å². The zero-order valence-corrected chi connectivity index (χ0v) is 14.8. The molecule has 9 heteroatoms. The molecule has 0 saturated carbocycles. The topological polar surface area (TPSA) is 99.7 Å². The molecule has 1 saturated heterocycles. The molecular formula is C16H22FN7O. The number of halogens is 1. The summed E-state index contributed by atoms with van der Waals surface area (Å²) in [7, 11) is 1.67. The van der Waals surface area contributed by atoms with Crippen molar-refractivity contribution in [1.29, 1.82) is 0 Å². The van der Waals surface area contributed by atoms with Gasteiger partial charge in [0.05, 0.1) is 29.7 Å². The monoisotopic (exact) mass is 347 g/mol. The summed E-state index contributed by atoms with van der Waals surface area (Å²) in [5.41, 5.74) is 2.48. The fourth-order valence-corrected chi connectivity index (χ4v) is 2.82. The van der Waals surface area contributed by atoms with Gasteiger partial charge in [0.2, 0.25) is 0 Å². The molecule has 2 atom stereocenters. The zero-order valence-electron chi connectivity index (χ0n) is 14.8. The van der Waals surface area contributed by atoms with Gasteiger partial charge in [-0.1, -0.05) is 0 Å². The lowest BCUT2D eigenvalue weighted by atomic mass is 10.2. The molecule has 0 bridgehead atoms. The average Bonchev–Trinajstić information content (AvgIpc) is 3.19. The number of carbonyl (C=O) groups excluding carboxylic acids is 1. The van der Waals surface area contributed by atoms with E-state index in [-0.39, 0.29) is 18.5 Å². The van der Waals surface area contributed by atoms with Crippen molar-refractivity contribution in [2.75, 3.05) is 13.6 Å². The maximum Gasteiger partial charge on any atom is 0.274 e. The molecule has 0 radical (unpaired) electrons. The van der Waals surface area contributed by atoms with E-state index in [1.807, 2.05) is 13.8 Å². The highest BCUT2D eigenvalue weighted by Crippen LogP contribution is 2.22. The Morgan fingerprint density at radius 1 is 1.20 bits per heavy atom. The van der Waals surface area contributed by atoms with E-state index < -0.39 is 6.17 Å². The van der Waals surface area contributed by atoms with Crippen LogP contribution in [0.5, 0.6) is 0 Å². The van der Waals surface area contributed by atoms with E-state index in [9.17, 15) is 9.18 Å². The van der Waals surface area contributed by atoms with Crippen LogP contribution in [0.1, 0.15) is 51.7 Å². The molecule has 1 amide bonds. The predicted octanol–water partition coefficient (Wildman–Crippen LogP) is 1.16. The van der Waals surface area contributed by atoms with Gasteiger partial charge in [-0.15, -0.1) is 0 Å². The van der Waals surface area contributed by atoms with E-state index in [1.54, 1.807) is 14.0 Å². The summed E-state index contributed by atoms with van der Waals surface area (Å²) in [6.07, 6.45) is -0.508. The Bertz CT molecular complexity index is 791. The standard InChI is InChI=1S/C16H22FN7O/c1-8-9(2)20-14(10(3)19-8)16(25)24(4)7-13-21-15(23-22-13)12-5-11(17)6-18-12/h11-12,18H,5-7H2,1-4H3,(H,21,22,23)/t11-,12+/m0/s1. The number of nitrogens with one attached hydrogen (secondary N) is 2. The van der Waals surface area contributed by atoms with Crippen molar-refractivity contribution < 1.29 is 9.18 Å². The minimum Gasteiger partial charge on any atom is -0.333 e. The van der Waals surface area contributed by atoms with Gasteiger partial charge in [0.15, 0.2) is 5.82 Å². The molecule has 0 unspecified atom stereocenters. The van der Waals surface area contributed by atoms with E-state index >= 15 is 0 Å². The molecule has 0 aliphatic carbocycles. The predicted molar refractivity (Wildman–Crippen MR) is 88.7 cm³/mol. The van der Waals surface area contributed by atoms with Crippen LogP contribution in [0.15, 0.2) is 0 Å². The third kappa shape index (κ3) is 3.65. The first-order valence-electron chi connectivity index (χ1n) is 8.21. The van der Waals surface area contributed by atoms with Crippen LogP contribution >= 0.6 is 0 Å². The fraction of sp³-hybridized carbons (Fsp3) is 0.562. The molecule has 3 heterocycles. The number of nitrogens with zero attached hydrogens (tertiary/aromatic N) is 5. The first-order chi connectivity index (χ1) is 11.8. The van der Waals surface area contributed by atoms with E-state index in [2.05, 4.69) is 30.5 Å². The van der Waals surface area contributed by atoms with Gasteiger partial charge in [0.1, 0.15) is 17.7 Å². The van der Waals surface area contributed by atoms with E-state index in [0.717, 1.165) is 11.4 Å². The molecule has 0 aromatic carbocycles. The molecular weight excluding hydrogens is 325 g/mol. The molecule has 25 heavy (non-hydrogen) atoms. The number of carbonyl (C=O) groups is 1. The summed E-state index contributed by atoms with van der Waals surface area (Å²) in [4.78, 5) is 27.2. The Morgan fingerprint density at radius 3 is 2.60 bits per heavy atom. The first kappa shape index (κ1) is 17.4. The van der Waals surface area contributed by atoms with Crippen LogP contribution in [0, 0.1) is 20.8 Å². The lowest BCUT2D eigenvalue weighted by Crippen LogP contribution is -2.29. The normalized spacial score (nSPS) is 20.0. The number of aromatic nitrogens is 5. The number of hydrogen-bond donors (Lipinski definition) is 2. The van der Waals surface area contributed by atoms with Crippen molar-refractivity contribution in [1.82, 2.24) is 35.4 Å². The molecule has 1 fully saturated rings. The molecule has 134 valence electrons.